The van der Waals surface area contributed by atoms with E-state index in [1.807, 2.05) is 6.92 Å². The highest BCUT2D eigenvalue weighted by Crippen LogP contribution is 2.13. The molecule has 110 valence electrons. The highest BCUT2D eigenvalue weighted by Gasteiger charge is 2.15. The first-order valence-corrected chi connectivity index (χ1v) is 8.48. The molecule has 0 saturated carbocycles. The Bertz CT molecular complexity index is 285. The first kappa shape index (κ1) is 17.9. The van der Waals surface area contributed by atoms with Crippen molar-refractivity contribution >= 4 is 10.1 Å². The van der Waals surface area contributed by atoms with Gasteiger partial charge in [0, 0.05) is 0 Å². The van der Waals surface area contributed by atoms with Gasteiger partial charge in [-0.2, -0.15) is 8.42 Å². The van der Waals surface area contributed by atoms with Crippen molar-refractivity contribution in [1.82, 2.24) is 0 Å². The van der Waals surface area contributed by atoms with Crippen LogP contribution in [0.1, 0.15) is 71.6 Å². The van der Waals surface area contributed by atoms with Crippen molar-refractivity contribution in [2.75, 3.05) is 0 Å². The second-order valence-electron chi connectivity index (χ2n) is 5.23. The van der Waals surface area contributed by atoms with E-state index >= 15 is 0 Å². The van der Waals surface area contributed by atoms with Gasteiger partial charge in [-0.3, -0.25) is 4.55 Å². The molecule has 0 bridgehead atoms. The largest absolute Gasteiger partial charge is 0.393 e. The Morgan fingerprint density at radius 3 is 1.61 bits per heavy atom. The summed E-state index contributed by atoms with van der Waals surface area (Å²) >= 11 is 0. The second kappa shape index (κ2) is 9.75. The molecule has 0 aliphatic heterocycles. The van der Waals surface area contributed by atoms with E-state index < -0.39 is 15.4 Å². The van der Waals surface area contributed by atoms with Crippen LogP contribution in [0, 0.1) is 0 Å². The maximum absolute atomic E-state index is 10.8. The third-order valence-corrected chi connectivity index (χ3v) is 4.49. The maximum atomic E-state index is 10.8. The zero-order valence-electron chi connectivity index (χ0n) is 11.6. The van der Waals surface area contributed by atoms with Gasteiger partial charge in [-0.1, -0.05) is 44.9 Å². The first-order chi connectivity index (χ1) is 8.34. The molecule has 2 N–H and O–H groups in total. The lowest BCUT2D eigenvalue weighted by molar-refractivity contribution is 0.180. The highest BCUT2D eigenvalue weighted by molar-refractivity contribution is 7.86. The van der Waals surface area contributed by atoms with Crippen LogP contribution in [0.5, 0.6) is 0 Å². The van der Waals surface area contributed by atoms with Crippen molar-refractivity contribution in [3.05, 3.63) is 0 Å². The van der Waals surface area contributed by atoms with E-state index in [2.05, 4.69) is 0 Å². The molecule has 2 unspecified atom stereocenters. The molecule has 0 amide bonds. The van der Waals surface area contributed by atoms with Crippen molar-refractivity contribution < 1.29 is 18.1 Å². The van der Waals surface area contributed by atoms with Crippen molar-refractivity contribution in [3.8, 4) is 0 Å². The van der Waals surface area contributed by atoms with Gasteiger partial charge in [-0.15, -0.1) is 0 Å². The highest BCUT2D eigenvalue weighted by atomic mass is 32.2. The quantitative estimate of drug-likeness (QED) is 0.450. The molecule has 0 fully saturated rings. The number of aliphatic hydroxyl groups is 1. The Balaban J connectivity index is 3.27. The Morgan fingerprint density at radius 2 is 1.22 bits per heavy atom. The second-order valence-corrected chi connectivity index (χ2v) is 7.06. The fourth-order valence-corrected chi connectivity index (χ4v) is 2.37. The van der Waals surface area contributed by atoms with Crippen LogP contribution >= 0.6 is 0 Å². The third-order valence-electron chi connectivity index (χ3n) is 3.24. The number of hydrogen-bond donors (Lipinski definition) is 2. The molecule has 5 heteroatoms. The Labute approximate surface area is 112 Å². The van der Waals surface area contributed by atoms with Gasteiger partial charge < -0.3 is 5.11 Å². The van der Waals surface area contributed by atoms with Crippen LogP contribution in [0.15, 0.2) is 0 Å². The summed E-state index contributed by atoms with van der Waals surface area (Å²) in [7, 11) is -3.84. The molecule has 0 heterocycles. The van der Waals surface area contributed by atoms with Gasteiger partial charge in [-0.05, 0) is 26.7 Å². The van der Waals surface area contributed by atoms with E-state index in [1.54, 1.807) is 6.92 Å². The van der Waals surface area contributed by atoms with E-state index in [9.17, 15) is 8.42 Å². The van der Waals surface area contributed by atoms with E-state index in [-0.39, 0.29) is 6.10 Å². The maximum Gasteiger partial charge on any atom is 0.267 e. The van der Waals surface area contributed by atoms with E-state index in [0.717, 1.165) is 38.5 Å². The molecule has 0 aliphatic rings. The fraction of sp³-hybridized carbons (Fsp3) is 1.00. The predicted molar refractivity (Wildman–Crippen MR) is 74.2 cm³/mol. The summed E-state index contributed by atoms with van der Waals surface area (Å²) in [5.74, 6) is 0. The van der Waals surface area contributed by atoms with Crippen molar-refractivity contribution in [1.29, 1.82) is 0 Å². The average Bonchev–Trinajstić information content (AvgIpc) is 2.24. The number of unbranched alkanes of at least 4 members (excludes halogenated alkanes) is 6. The summed E-state index contributed by atoms with van der Waals surface area (Å²) in [4.78, 5) is 0. The van der Waals surface area contributed by atoms with Crippen LogP contribution in [0.4, 0.5) is 0 Å². The average molecular weight is 280 g/mol. The topological polar surface area (TPSA) is 74.6 Å². The first-order valence-electron chi connectivity index (χ1n) is 6.98. The van der Waals surface area contributed by atoms with Crippen LogP contribution in [0.3, 0.4) is 0 Å². The molecule has 0 aromatic carbocycles. The Kier molecular flexibility index (Phi) is 9.68. The van der Waals surface area contributed by atoms with Crippen molar-refractivity contribution in [2.45, 2.75) is 83.0 Å². The SMILES string of the molecule is CC(O)CCCCCCCCCC(C)S(=O)(=O)O. The summed E-state index contributed by atoms with van der Waals surface area (Å²) in [5.41, 5.74) is 0. The molecule has 0 aliphatic carbocycles. The summed E-state index contributed by atoms with van der Waals surface area (Å²) in [6, 6.07) is 0. The molecule has 18 heavy (non-hydrogen) atoms. The molecule has 0 saturated heterocycles. The molecule has 0 aromatic rings. The van der Waals surface area contributed by atoms with Gasteiger partial charge >= 0.3 is 0 Å². The minimum absolute atomic E-state index is 0.188. The van der Waals surface area contributed by atoms with Gasteiger partial charge in [0.2, 0.25) is 0 Å². The molecular formula is C13H28O4S. The number of aliphatic hydroxyl groups excluding tert-OH is 1. The van der Waals surface area contributed by atoms with Crippen LogP contribution in [0.2, 0.25) is 0 Å². The van der Waals surface area contributed by atoms with Crippen LogP contribution in [-0.4, -0.2) is 29.4 Å². The molecule has 0 spiro atoms. The molecular weight excluding hydrogens is 252 g/mol. The standard InChI is InChI=1S/C13H28O4S/c1-12(14)10-8-6-4-3-5-7-9-11-13(2)18(15,16)17/h12-14H,3-11H2,1-2H3,(H,15,16,17). The number of rotatable bonds is 11. The summed E-state index contributed by atoms with van der Waals surface area (Å²) in [5, 5.41) is 8.44. The van der Waals surface area contributed by atoms with Gasteiger partial charge in [0.15, 0.2) is 0 Å². The molecule has 2 atom stereocenters. The minimum Gasteiger partial charge on any atom is -0.393 e. The normalized spacial score (nSPS) is 15.6. The Morgan fingerprint density at radius 1 is 0.833 bits per heavy atom. The summed E-state index contributed by atoms with van der Waals surface area (Å²) < 4.78 is 30.3. The van der Waals surface area contributed by atoms with Crippen molar-refractivity contribution in [2.24, 2.45) is 0 Å². The van der Waals surface area contributed by atoms with E-state index in [1.165, 1.54) is 12.8 Å². The van der Waals surface area contributed by atoms with Gasteiger partial charge in [0.05, 0.1) is 11.4 Å². The summed E-state index contributed by atoms with van der Waals surface area (Å²) in [6.45, 7) is 3.36. The lowest BCUT2D eigenvalue weighted by Crippen LogP contribution is -2.16. The Hall–Kier alpha value is -0.130. The van der Waals surface area contributed by atoms with Crippen molar-refractivity contribution in [3.63, 3.8) is 0 Å². The van der Waals surface area contributed by atoms with Gasteiger partial charge in [-0.25, -0.2) is 0 Å². The fourth-order valence-electron chi connectivity index (χ4n) is 1.90. The zero-order valence-corrected chi connectivity index (χ0v) is 12.5. The molecule has 0 radical (unpaired) electrons. The van der Waals surface area contributed by atoms with Crippen LogP contribution < -0.4 is 0 Å². The van der Waals surface area contributed by atoms with E-state index in [0.29, 0.717) is 6.42 Å². The predicted octanol–water partition coefficient (Wildman–Crippen LogP) is 3.15. The molecule has 0 aromatic heterocycles. The van der Waals surface area contributed by atoms with Gasteiger partial charge in [0.1, 0.15) is 0 Å². The zero-order chi connectivity index (χ0) is 14.0. The molecule has 0 rings (SSSR count). The molecule has 4 nitrogen and oxygen atoms in total. The van der Waals surface area contributed by atoms with Crippen LogP contribution in [-0.2, 0) is 10.1 Å². The van der Waals surface area contributed by atoms with Gasteiger partial charge in [0.25, 0.3) is 10.1 Å². The van der Waals surface area contributed by atoms with Crippen LogP contribution in [0.25, 0.3) is 0 Å². The lowest BCUT2D eigenvalue weighted by atomic mass is 10.1. The monoisotopic (exact) mass is 280 g/mol. The third kappa shape index (κ3) is 11.0. The lowest BCUT2D eigenvalue weighted by Gasteiger charge is -2.07. The number of hydrogen-bond acceptors (Lipinski definition) is 3. The minimum atomic E-state index is -3.84. The summed E-state index contributed by atoms with van der Waals surface area (Å²) in [6.07, 6.45) is 8.82. The van der Waals surface area contributed by atoms with E-state index in [4.69, 9.17) is 9.66 Å². The smallest absolute Gasteiger partial charge is 0.267 e.